The number of rotatable bonds is 5. The average molecular weight is 426 g/mol. The van der Waals surface area contributed by atoms with E-state index in [1.165, 1.54) is 4.90 Å². The van der Waals surface area contributed by atoms with Gasteiger partial charge in [0.1, 0.15) is 5.60 Å². The predicted molar refractivity (Wildman–Crippen MR) is 117 cm³/mol. The van der Waals surface area contributed by atoms with Crippen molar-refractivity contribution in [3.8, 4) is 0 Å². The van der Waals surface area contributed by atoms with Gasteiger partial charge in [0.05, 0.1) is 19.1 Å². The molecule has 1 amide bonds. The second-order valence-electron chi connectivity index (χ2n) is 8.94. The Morgan fingerprint density at radius 3 is 2.06 bits per heavy atom. The maximum absolute atomic E-state index is 12.8. The first kappa shape index (κ1) is 22.8. The molecule has 1 saturated heterocycles. The average Bonchev–Trinajstić information content (AvgIpc) is 2.73. The van der Waals surface area contributed by atoms with Crippen LogP contribution in [0.3, 0.4) is 0 Å². The van der Waals surface area contributed by atoms with Gasteiger partial charge in [-0.3, -0.25) is 4.79 Å². The first-order chi connectivity index (χ1) is 14.7. The van der Waals surface area contributed by atoms with Gasteiger partial charge in [0.2, 0.25) is 0 Å². The third kappa shape index (κ3) is 6.56. The van der Waals surface area contributed by atoms with Crippen molar-refractivity contribution in [2.24, 2.45) is 5.92 Å². The number of hydrogen-bond acceptors (Lipinski definition) is 5. The molecule has 2 atom stereocenters. The van der Waals surface area contributed by atoms with Crippen molar-refractivity contribution in [1.29, 1.82) is 0 Å². The number of piperidine rings is 1. The highest BCUT2D eigenvalue weighted by molar-refractivity contribution is 5.71. The third-order valence-corrected chi connectivity index (χ3v) is 5.26. The predicted octanol–water partition coefficient (Wildman–Crippen LogP) is 4.33. The van der Waals surface area contributed by atoms with Crippen LogP contribution in [0.1, 0.15) is 50.8 Å². The lowest BCUT2D eigenvalue weighted by molar-refractivity contribution is -0.150. The van der Waals surface area contributed by atoms with E-state index in [2.05, 4.69) is 0 Å². The third-order valence-electron chi connectivity index (χ3n) is 5.26. The molecule has 1 heterocycles. The van der Waals surface area contributed by atoms with Crippen LogP contribution in [0.5, 0.6) is 0 Å². The monoisotopic (exact) mass is 425 g/mol. The second-order valence-corrected chi connectivity index (χ2v) is 8.94. The van der Waals surface area contributed by atoms with Gasteiger partial charge in [-0.2, -0.15) is 0 Å². The number of esters is 1. The van der Waals surface area contributed by atoms with Crippen LogP contribution in [0.15, 0.2) is 60.7 Å². The Hall–Kier alpha value is -2.86. The number of aliphatic hydroxyl groups excluding tert-OH is 1. The minimum absolute atomic E-state index is 0.0967. The summed E-state index contributed by atoms with van der Waals surface area (Å²) < 4.78 is 11.2. The van der Waals surface area contributed by atoms with Crippen molar-refractivity contribution >= 4 is 12.1 Å². The molecule has 1 fully saturated rings. The Kier molecular flexibility index (Phi) is 7.33. The Labute approximate surface area is 183 Å². The van der Waals surface area contributed by atoms with E-state index in [4.69, 9.17) is 9.47 Å². The molecule has 166 valence electrons. The number of likely N-dealkylation sites (tertiary alicyclic amines) is 1. The van der Waals surface area contributed by atoms with Crippen LogP contribution in [0.4, 0.5) is 4.79 Å². The Morgan fingerprint density at radius 1 is 1.03 bits per heavy atom. The number of nitrogens with zero attached hydrogens (tertiary/aromatic N) is 1. The number of β-amino-alcohol motifs (C(OH)–C–C–N with tert-alkyl or cyclic N) is 1. The van der Waals surface area contributed by atoms with Crippen molar-refractivity contribution < 1.29 is 24.2 Å². The molecule has 0 aromatic heterocycles. The number of carbonyl (C=O) groups excluding carboxylic acids is 2. The van der Waals surface area contributed by atoms with Gasteiger partial charge in [-0.05, 0) is 44.2 Å². The van der Waals surface area contributed by atoms with E-state index in [1.54, 1.807) is 20.8 Å². The standard InChI is InChI=1S/C25H31NO5/c1-25(2,3)31-24(29)26-15-14-20(21(27)17-26)16-22(28)30-23(18-10-6-4-7-11-18)19-12-8-5-9-13-19/h4-13,20-21,23,27H,14-17H2,1-3H3/t20-,21-/m0/s1. The largest absolute Gasteiger partial charge is 0.453 e. The quantitative estimate of drug-likeness (QED) is 0.722. The lowest BCUT2D eigenvalue weighted by Crippen LogP contribution is -2.48. The molecule has 0 spiro atoms. The SMILES string of the molecule is CC(C)(C)OC(=O)N1CC[C@@H](CC(=O)OC(c2ccccc2)c2ccccc2)[C@@H](O)C1. The maximum atomic E-state index is 12.8. The van der Waals surface area contributed by atoms with E-state index in [0.717, 1.165) is 11.1 Å². The molecule has 1 aliphatic rings. The zero-order valence-corrected chi connectivity index (χ0v) is 18.4. The zero-order chi connectivity index (χ0) is 22.4. The first-order valence-corrected chi connectivity index (χ1v) is 10.7. The number of aliphatic hydroxyl groups is 1. The molecule has 0 aliphatic carbocycles. The van der Waals surface area contributed by atoms with Gasteiger partial charge >= 0.3 is 12.1 Å². The van der Waals surface area contributed by atoms with Crippen molar-refractivity contribution in [1.82, 2.24) is 4.90 Å². The number of ether oxygens (including phenoxy) is 2. The summed E-state index contributed by atoms with van der Waals surface area (Å²) >= 11 is 0. The topological polar surface area (TPSA) is 76.1 Å². The van der Waals surface area contributed by atoms with Crippen molar-refractivity contribution in [2.75, 3.05) is 13.1 Å². The van der Waals surface area contributed by atoms with Gasteiger partial charge < -0.3 is 19.5 Å². The molecule has 6 heteroatoms. The van der Waals surface area contributed by atoms with Crippen molar-refractivity contribution in [2.45, 2.75) is 51.4 Å². The van der Waals surface area contributed by atoms with Gasteiger partial charge in [-0.15, -0.1) is 0 Å². The highest BCUT2D eigenvalue weighted by Gasteiger charge is 2.34. The molecule has 0 unspecified atom stereocenters. The van der Waals surface area contributed by atoms with Crippen LogP contribution >= 0.6 is 0 Å². The number of amides is 1. The molecule has 6 nitrogen and oxygen atoms in total. The minimum Gasteiger partial charge on any atom is -0.453 e. The fourth-order valence-corrected chi connectivity index (χ4v) is 3.69. The summed E-state index contributed by atoms with van der Waals surface area (Å²) in [5.41, 5.74) is 1.19. The minimum atomic E-state index is -0.805. The summed E-state index contributed by atoms with van der Waals surface area (Å²) in [5, 5.41) is 10.5. The van der Waals surface area contributed by atoms with Gasteiger partial charge in [0, 0.05) is 6.54 Å². The maximum Gasteiger partial charge on any atom is 0.410 e. The normalized spacial score (nSPS) is 19.2. The fourth-order valence-electron chi connectivity index (χ4n) is 3.69. The van der Waals surface area contributed by atoms with E-state index in [1.807, 2.05) is 60.7 Å². The lowest BCUT2D eigenvalue weighted by Gasteiger charge is -2.36. The molecule has 2 aromatic carbocycles. The summed E-state index contributed by atoms with van der Waals surface area (Å²) in [4.78, 5) is 26.5. The van der Waals surface area contributed by atoms with Crippen LogP contribution in [-0.2, 0) is 14.3 Å². The van der Waals surface area contributed by atoms with E-state index >= 15 is 0 Å². The van der Waals surface area contributed by atoms with E-state index in [-0.39, 0.29) is 24.9 Å². The molecule has 2 aromatic rings. The molecule has 0 saturated carbocycles. The van der Waals surface area contributed by atoms with E-state index < -0.39 is 23.9 Å². The number of benzene rings is 2. The van der Waals surface area contributed by atoms with Crippen LogP contribution in [0.25, 0.3) is 0 Å². The van der Waals surface area contributed by atoms with Gasteiger partial charge in [0.25, 0.3) is 0 Å². The highest BCUT2D eigenvalue weighted by Crippen LogP contribution is 2.29. The summed E-state index contributed by atoms with van der Waals surface area (Å²) in [6, 6.07) is 19.2. The van der Waals surface area contributed by atoms with Crippen LogP contribution in [0, 0.1) is 5.92 Å². The van der Waals surface area contributed by atoms with Crippen molar-refractivity contribution in [3.05, 3.63) is 71.8 Å². The smallest absolute Gasteiger partial charge is 0.410 e. The summed E-state index contributed by atoms with van der Waals surface area (Å²) in [6.07, 6.45) is -1.15. The zero-order valence-electron chi connectivity index (χ0n) is 18.4. The van der Waals surface area contributed by atoms with Crippen LogP contribution in [-0.4, -0.2) is 46.9 Å². The van der Waals surface area contributed by atoms with Gasteiger partial charge in [0.15, 0.2) is 6.10 Å². The van der Waals surface area contributed by atoms with Crippen molar-refractivity contribution in [3.63, 3.8) is 0 Å². The van der Waals surface area contributed by atoms with Gasteiger partial charge in [-0.1, -0.05) is 60.7 Å². The van der Waals surface area contributed by atoms with E-state index in [9.17, 15) is 14.7 Å². The summed E-state index contributed by atoms with van der Waals surface area (Å²) in [6.45, 7) is 6.00. The van der Waals surface area contributed by atoms with Crippen LogP contribution in [0.2, 0.25) is 0 Å². The van der Waals surface area contributed by atoms with E-state index in [0.29, 0.717) is 13.0 Å². The first-order valence-electron chi connectivity index (χ1n) is 10.7. The highest BCUT2D eigenvalue weighted by atomic mass is 16.6. The molecule has 31 heavy (non-hydrogen) atoms. The molecular weight excluding hydrogens is 394 g/mol. The number of carbonyl (C=O) groups is 2. The Balaban J connectivity index is 1.61. The molecular formula is C25H31NO5. The summed E-state index contributed by atoms with van der Waals surface area (Å²) in [7, 11) is 0. The lowest BCUT2D eigenvalue weighted by atomic mass is 9.91. The fraction of sp³-hybridized carbons (Fsp3) is 0.440. The molecule has 1 N–H and O–H groups in total. The molecule has 0 bridgehead atoms. The molecule has 1 aliphatic heterocycles. The second kappa shape index (κ2) is 9.96. The summed E-state index contributed by atoms with van der Waals surface area (Å²) in [5.74, 6) is -0.633. The van der Waals surface area contributed by atoms with Crippen LogP contribution < -0.4 is 0 Å². The molecule has 3 rings (SSSR count). The van der Waals surface area contributed by atoms with Gasteiger partial charge in [-0.25, -0.2) is 4.79 Å². The molecule has 0 radical (unpaired) electrons. The number of hydrogen-bond donors (Lipinski definition) is 1. The Morgan fingerprint density at radius 2 is 1.58 bits per heavy atom. The Bertz CT molecular complexity index is 823.